The van der Waals surface area contributed by atoms with Crippen LogP contribution in [0.3, 0.4) is 0 Å². The number of halogens is 5. The third-order valence-corrected chi connectivity index (χ3v) is 27.0. The SMILES string of the molecule is Cc1c(C2=CS(=O)(=O)c3cc(-c4ccncc4)ccc32)c2cc(F)ccc2n1CC(=O)O.Cc1c(C2=CS(=O)(=O)c3cc(Cl)ccc32)c2ccc(F)cc2n1CC(=O)O.Cc1c(C2CS(=O)(=O)c3ccccc32)c2cc(F)ccc2n1CC(=O)O.Cc1ccc2c(c1)c(C1=CS(=O)(=O)c3cc(Cl)ccc31)c(C)n2CC(=O)O. The Morgan fingerprint density at radius 2 is 0.812 bits per heavy atom. The lowest BCUT2D eigenvalue weighted by Crippen LogP contribution is -2.11. The number of carboxylic acid groups (broad SMARTS) is 4. The largest absolute Gasteiger partial charge is 0.480 e. The van der Waals surface area contributed by atoms with Gasteiger partial charge in [0.2, 0.25) is 29.5 Å². The number of rotatable bonds is 13. The summed E-state index contributed by atoms with van der Waals surface area (Å²) in [6.45, 7) is 7.78. The Balaban J connectivity index is 0.000000124. The number of aliphatic carboxylic acids is 4. The quantitative estimate of drug-likeness (QED) is 0.0833. The fourth-order valence-electron chi connectivity index (χ4n) is 15.5. The first-order valence-corrected chi connectivity index (χ1v) is 41.2. The van der Waals surface area contributed by atoms with Crippen molar-refractivity contribution in [2.24, 2.45) is 0 Å². The highest BCUT2D eigenvalue weighted by molar-refractivity contribution is 7.95. The highest BCUT2D eigenvalue weighted by Gasteiger charge is 2.40. The molecule has 0 aliphatic carbocycles. The number of pyridine rings is 1. The lowest BCUT2D eigenvalue weighted by Gasteiger charge is -2.12. The van der Waals surface area contributed by atoms with Crippen LogP contribution in [0.15, 0.2) is 212 Å². The van der Waals surface area contributed by atoms with Crippen molar-refractivity contribution in [1.82, 2.24) is 23.3 Å². The van der Waals surface area contributed by atoms with Crippen LogP contribution in [0, 0.1) is 52.1 Å². The Bertz CT molecular complexity index is 6900. The summed E-state index contributed by atoms with van der Waals surface area (Å²) in [5, 5.41) is 43.8. The molecule has 8 aromatic carbocycles. The van der Waals surface area contributed by atoms with E-state index in [9.17, 15) is 86.4 Å². The van der Waals surface area contributed by atoms with E-state index in [-0.39, 0.29) is 46.6 Å². The Morgan fingerprint density at radius 3 is 1.31 bits per heavy atom. The minimum absolute atomic E-state index is 0.101. The van der Waals surface area contributed by atoms with E-state index in [4.69, 9.17) is 23.2 Å². The molecule has 0 saturated carbocycles. The molecule has 9 heterocycles. The van der Waals surface area contributed by atoms with Crippen LogP contribution in [0.1, 0.15) is 78.8 Å². The number of aromatic nitrogens is 5. The molecule has 0 amide bonds. The van der Waals surface area contributed by atoms with Gasteiger partial charge in [-0.25, -0.2) is 46.8 Å². The van der Waals surface area contributed by atoms with E-state index in [1.54, 1.807) is 126 Å². The number of carboxylic acids is 4. The average Bonchev–Trinajstić information content (AvgIpc) is 1.59. The van der Waals surface area contributed by atoms with Gasteiger partial charge < -0.3 is 38.7 Å². The molecule has 112 heavy (non-hydrogen) atoms. The van der Waals surface area contributed by atoms with Crippen molar-refractivity contribution in [1.29, 1.82) is 0 Å². The molecule has 30 heteroatoms. The maximum Gasteiger partial charge on any atom is 0.323 e. The van der Waals surface area contributed by atoms with Crippen LogP contribution in [0.5, 0.6) is 0 Å². The predicted molar refractivity (Wildman–Crippen MR) is 418 cm³/mol. The first-order valence-electron chi connectivity index (χ1n) is 34.1. The third kappa shape index (κ3) is 14.0. The van der Waals surface area contributed by atoms with Crippen molar-refractivity contribution >= 4 is 147 Å². The molecule has 0 saturated heterocycles. The van der Waals surface area contributed by atoms with Crippen LogP contribution in [-0.4, -0.2) is 107 Å². The van der Waals surface area contributed by atoms with Gasteiger partial charge in [0.25, 0.3) is 0 Å². The topological polar surface area (TPSA) is 318 Å². The molecule has 0 spiro atoms. The maximum atomic E-state index is 14.1. The molecule has 5 aromatic heterocycles. The van der Waals surface area contributed by atoms with E-state index in [2.05, 4.69) is 4.98 Å². The fourth-order valence-corrected chi connectivity index (χ4v) is 22.2. The molecule has 0 bridgehead atoms. The van der Waals surface area contributed by atoms with Gasteiger partial charge in [-0.1, -0.05) is 77.3 Å². The number of fused-ring (bicyclic) bond motifs is 8. The first kappa shape index (κ1) is 77.1. The molecule has 17 rings (SSSR count). The van der Waals surface area contributed by atoms with Crippen LogP contribution < -0.4 is 0 Å². The lowest BCUT2D eigenvalue weighted by atomic mass is 9.91. The smallest absolute Gasteiger partial charge is 0.323 e. The number of hydrogen-bond donors (Lipinski definition) is 4. The summed E-state index contributed by atoms with van der Waals surface area (Å²) in [4.78, 5) is 50.1. The molecule has 0 radical (unpaired) electrons. The number of aryl methyl sites for hydroxylation is 1. The van der Waals surface area contributed by atoms with Crippen molar-refractivity contribution in [3.63, 3.8) is 0 Å². The highest BCUT2D eigenvalue weighted by atomic mass is 35.5. The summed E-state index contributed by atoms with van der Waals surface area (Å²) < 4.78 is 150. The Hall–Kier alpha value is -11.7. The fraction of sp³-hybridized carbons (Fsp3) is 0.134. The van der Waals surface area contributed by atoms with Crippen molar-refractivity contribution in [2.75, 3.05) is 5.75 Å². The zero-order valence-corrected chi connectivity index (χ0v) is 64.3. The summed E-state index contributed by atoms with van der Waals surface area (Å²) in [6.07, 6.45) is 3.27. The van der Waals surface area contributed by atoms with Crippen LogP contribution in [-0.2, 0) is 84.7 Å². The van der Waals surface area contributed by atoms with Gasteiger partial charge in [0.1, 0.15) is 43.6 Å². The third-order valence-electron chi connectivity index (χ3n) is 20.2. The van der Waals surface area contributed by atoms with Gasteiger partial charge in [0, 0.05) is 156 Å². The zero-order chi connectivity index (χ0) is 80.3. The highest BCUT2D eigenvalue weighted by Crippen LogP contribution is 2.49. The molecule has 1 unspecified atom stereocenters. The number of sulfone groups is 4. The van der Waals surface area contributed by atoms with Gasteiger partial charge in [-0.2, -0.15) is 0 Å². The average molecular weight is 1630 g/mol. The summed E-state index contributed by atoms with van der Waals surface area (Å²) in [5.41, 5.74) is 13.5. The number of benzene rings is 8. The summed E-state index contributed by atoms with van der Waals surface area (Å²) in [6, 6.07) is 43.1. The molecule has 4 N–H and O–H groups in total. The second-order valence-electron chi connectivity index (χ2n) is 27.1. The van der Waals surface area contributed by atoms with Crippen LogP contribution >= 0.6 is 23.2 Å². The van der Waals surface area contributed by atoms with Gasteiger partial charge in [0.05, 0.1) is 30.9 Å². The Kier molecular flexibility index (Phi) is 19.9. The van der Waals surface area contributed by atoms with Crippen molar-refractivity contribution < 1.29 is 86.4 Å². The minimum Gasteiger partial charge on any atom is -0.480 e. The molecular formula is C82H62Cl2F3N5O16S4. The number of carbonyl (C=O) groups is 4. The van der Waals surface area contributed by atoms with E-state index in [1.165, 1.54) is 76.0 Å². The first-order chi connectivity index (χ1) is 52.9. The standard InChI is InChI=1S/C24H17FN2O4S.C20H16ClNO4S.C19H13ClFNO4S.C19H16FNO4S/c1-14-24(19-11-17(25)3-5-21(19)27(14)12-23(28)29)20-13-32(30,31)22-10-16(2-4-18(20)22)15-6-8-26-9-7-15;1-11-3-6-17-15(7-11)20(12(2)22(17)9-19(23)24)16-10-27(25,26)18-8-13(21)4-5-14(16)18;1-10-19(14-5-3-12(21)7-16(14)22(10)8-18(23)24)15-9-27(25,26)17-6-11(20)2-4-13(15)17;1-11-19(15-10-26(24,25)17-5-3-2-4-13(15)17)14-8-12(20)6-7-16(14)21(11)9-18(22)23/h2-11,13H,12H2,1H3,(H,28,29);3-8,10H,9H2,1-2H3,(H,23,24);2-7,9H,8H2,1H3,(H,23,24);2-8,15H,9-10H2,1H3,(H,22,23). The molecule has 4 aliphatic rings. The normalized spacial score (nSPS) is 15.6. The summed E-state index contributed by atoms with van der Waals surface area (Å²) in [7, 11) is -14.5. The second kappa shape index (κ2) is 28.9. The van der Waals surface area contributed by atoms with Crippen LogP contribution in [0.25, 0.3) is 71.5 Å². The summed E-state index contributed by atoms with van der Waals surface area (Å²) in [5.74, 6) is -6.07. The van der Waals surface area contributed by atoms with Crippen molar-refractivity contribution in [2.45, 2.75) is 86.3 Å². The van der Waals surface area contributed by atoms with E-state index >= 15 is 0 Å². The van der Waals surface area contributed by atoms with Gasteiger partial charge >= 0.3 is 23.9 Å². The second-order valence-corrected chi connectivity index (χ2v) is 35.3. The molecule has 13 aromatic rings. The van der Waals surface area contributed by atoms with Crippen LogP contribution in [0.2, 0.25) is 10.0 Å². The number of nitrogens with zero attached hydrogens (tertiary/aromatic N) is 5. The Labute approximate surface area is 648 Å². The van der Waals surface area contributed by atoms with E-state index in [0.29, 0.717) is 126 Å². The van der Waals surface area contributed by atoms with E-state index in [1.807, 2.05) is 38.1 Å². The van der Waals surface area contributed by atoms with E-state index < -0.39 is 86.6 Å². The molecule has 570 valence electrons. The minimum atomic E-state index is -3.74. The molecule has 21 nitrogen and oxygen atoms in total. The molecular weight excluding hydrogens is 1570 g/mol. The predicted octanol–water partition coefficient (Wildman–Crippen LogP) is 15.7. The maximum absolute atomic E-state index is 14.1. The monoisotopic (exact) mass is 1630 g/mol. The van der Waals surface area contributed by atoms with E-state index in [0.717, 1.165) is 38.6 Å². The summed E-state index contributed by atoms with van der Waals surface area (Å²) >= 11 is 11.9. The van der Waals surface area contributed by atoms with Gasteiger partial charge in [-0.15, -0.1) is 0 Å². The Morgan fingerprint density at radius 1 is 0.411 bits per heavy atom. The van der Waals surface area contributed by atoms with Gasteiger partial charge in [-0.05, 0) is 172 Å². The number of hydrogen-bond acceptors (Lipinski definition) is 13. The lowest BCUT2D eigenvalue weighted by molar-refractivity contribution is -0.138. The van der Waals surface area contributed by atoms with Crippen molar-refractivity contribution in [3.8, 4) is 11.1 Å². The van der Waals surface area contributed by atoms with Crippen molar-refractivity contribution in [3.05, 3.63) is 293 Å². The zero-order valence-electron chi connectivity index (χ0n) is 59.5. The van der Waals surface area contributed by atoms with Crippen LogP contribution in [0.4, 0.5) is 13.2 Å². The van der Waals surface area contributed by atoms with Gasteiger partial charge in [-0.3, -0.25) is 24.2 Å². The molecule has 1 atom stereocenters. The van der Waals surface area contributed by atoms with Gasteiger partial charge in [0.15, 0.2) is 9.84 Å². The molecule has 0 fully saturated rings. The molecule has 4 aliphatic heterocycles.